The van der Waals surface area contributed by atoms with Gasteiger partial charge in [0, 0.05) is 30.9 Å². The molecule has 61 heavy (non-hydrogen) atoms. The van der Waals surface area contributed by atoms with Crippen LogP contribution in [0.3, 0.4) is 0 Å². The third-order valence-corrected chi connectivity index (χ3v) is 9.14. The van der Waals surface area contributed by atoms with Crippen molar-refractivity contribution < 1.29 is 51.0 Å². The fraction of sp³-hybridized carbons (Fsp3) is 0.474. The molecule has 0 aliphatic carbocycles. The summed E-state index contributed by atoms with van der Waals surface area (Å²) in [5.74, 6) is -2.30. The maximum absolute atomic E-state index is 13.1. The van der Waals surface area contributed by atoms with Gasteiger partial charge >= 0.3 is 5.97 Å². The number of ether oxygens (including phenoxy) is 3. The zero-order valence-corrected chi connectivity index (χ0v) is 35.2. The number of carbonyl (C=O) groups excluding carboxylic acids is 5. The van der Waals surface area contributed by atoms with Gasteiger partial charge in [0.05, 0.1) is 43.5 Å². The summed E-state index contributed by atoms with van der Waals surface area (Å²) in [6.45, 7) is 6.00. The van der Waals surface area contributed by atoms with Gasteiger partial charge in [-0.1, -0.05) is 17.3 Å². The zero-order valence-electron chi connectivity index (χ0n) is 34.3. The van der Waals surface area contributed by atoms with E-state index in [9.17, 15) is 32.4 Å². The van der Waals surface area contributed by atoms with Crippen molar-refractivity contribution in [3.05, 3.63) is 66.1 Å². The van der Waals surface area contributed by atoms with Crippen LogP contribution >= 0.6 is 0 Å². The molecule has 0 unspecified atom stereocenters. The number of oxazole rings is 1. The topological polar surface area (TPSA) is 304 Å². The summed E-state index contributed by atoms with van der Waals surface area (Å²) >= 11 is 0. The molecule has 4 amide bonds. The number of benzene rings is 1. The Hall–Kier alpha value is -6.17. The fourth-order valence-electron chi connectivity index (χ4n) is 5.01. The Morgan fingerprint density at radius 1 is 0.951 bits per heavy atom. The third kappa shape index (κ3) is 16.4. The lowest BCUT2D eigenvalue weighted by Crippen LogP contribution is -2.45. The van der Waals surface area contributed by atoms with E-state index in [1.54, 1.807) is 51.2 Å². The number of amides is 4. The number of hydrogen-bond donors (Lipinski definition) is 5. The van der Waals surface area contributed by atoms with Crippen molar-refractivity contribution in [1.82, 2.24) is 45.9 Å². The number of carbonyl (C=O) groups is 5. The highest BCUT2D eigenvalue weighted by molar-refractivity contribution is 7.90. The Balaban J connectivity index is 1.08. The normalized spacial score (nSPS) is 12.0. The van der Waals surface area contributed by atoms with Crippen molar-refractivity contribution in [3.63, 3.8) is 0 Å². The number of rotatable bonds is 24. The van der Waals surface area contributed by atoms with E-state index in [0.717, 1.165) is 18.1 Å². The molecule has 4 rings (SSSR count). The molecule has 0 bridgehead atoms. The quantitative estimate of drug-likeness (QED) is 0.0365. The standard InChI is InChI=1S/C38H51N11O11S/c1-38(2,3)36(54)60-21-25-8-10-27(11-9-25)44-34(53)29(7-5-6-12-39)45-32(51)24-58-23-31(50)40-13-15-57-16-14-49-20-28(47-48-49)19-41-33(52)30-22-59-35(46-30)26-17-42-37(43-18-26)61(4,55)56/h8-11,17-18,20,22,29H,5-7,12-16,19,21,23-24,39H2,1-4H3,(H,40,50)(H,41,52)(H,44,53)(H,45,51)/t29-/m0/s1. The molecule has 1 atom stereocenters. The second kappa shape index (κ2) is 23.0. The number of unbranched alkanes of at least 4 members (excludes halogenated alkanes) is 1. The highest BCUT2D eigenvalue weighted by atomic mass is 32.2. The van der Waals surface area contributed by atoms with E-state index in [1.165, 1.54) is 17.1 Å². The van der Waals surface area contributed by atoms with Crippen molar-refractivity contribution in [2.45, 2.75) is 70.9 Å². The summed E-state index contributed by atoms with van der Waals surface area (Å²) in [4.78, 5) is 74.2. The van der Waals surface area contributed by atoms with E-state index in [-0.39, 0.29) is 67.8 Å². The Morgan fingerprint density at radius 3 is 2.36 bits per heavy atom. The largest absolute Gasteiger partial charge is 0.460 e. The number of nitrogens with zero attached hydrogens (tertiary/aromatic N) is 6. The molecule has 0 radical (unpaired) electrons. The first-order chi connectivity index (χ1) is 29.0. The summed E-state index contributed by atoms with van der Waals surface area (Å²) in [6, 6.07) is 5.94. The predicted octanol–water partition coefficient (Wildman–Crippen LogP) is 0.548. The lowest BCUT2D eigenvalue weighted by molar-refractivity contribution is -0.154. The molecule has 0 aliphatic rings. The molecule has 0 spiro atoms. The van der Waals surface area contributed by atoms with Gasteiger partial charge in [0.1, 0.15) is 37.8 Å². The van der Waals surface area contributed by atoms with E-state index < -0.39 is 51.5 Å². The highest BCUT2D eigenvalue weighted by Crippen LogP contribution is 2.19. The van der Waals surface area contributed by atoms with Gasteiger partial charge in [0.15, 0.2) is 5.69 Å². The van der Waals surface area contributed by atoms with Gasteiger partial charge in [-0.2, -0.15) is 0 Å². The van der Waals surface area contributed by atoms with Crippen molar-refractivity contribution in [2.75, 3.05) is 51.1 Å². The molecule has 0 fully saturated rings. The number of nitrogens with one attached hydrogen (secondary N) is 4. The van der Waals surface area contributed by atoms with Crippen LogP contribution in [-0.4, -0.2) is 120 Å². The van der Waals surface area contributed by atoms with Crippen LogP contribution in [0.15, 0.2) is 58.7 Å². The summed E-state index contributed by atoms with van der Waals surface area (Å²) < 4.78 is 46.1. The van der Waals surface area contributed by atoms with Crippen LogP contribution in [0, 0.1) is 5.41 Å². The first-order valence-electron chi connectivity index (χ1n) is 19.2. The Morgan fingerprint density at radius 2 is 1.67 bits per heavy atom. The number of sulfone groups is 1. The fourth-order valence-corrected chi connectivity index (χ4v) is 5.49. The first kappa shape index (κ1) is 47.5. The summed E-state index contributed by atoms with van der Waals surface area (Å²) in [5.41, 5.74) is 6.97. The van der Waals surface area contributed by atoms with E-state index in [4.69, 9.17) is 24.4 Å². The van der Waals surface area contributed by atoms with Crippen LogP contribution in [0.4, 0.5) is 5.69 Å². The molecule has 0 saturated heterocycles. The van der Waals surface area contributed by atoms with Gasteiger partial charge in [0.2, 0.25) is 38.6 Å². The number of esters is 1. The molecular formula is C38H51N11O11S. The Kier molecular flexibility index (Phi) is 17.9. The summed E-state index contributed by atoms with van der Waals surface area (Å²) in [6.07, 6.45) is 7.80. The molecule has 6 N–H and O–H groups in total. The van der Waals surface area contributed by atoms with Gasteiger partial charge in [-0.25, -0.2) is 28.1 Å². The van der Waals surface area contributed by atoms with Crippen LogP contribution < -0.4 is 27.0 Å². The molecule has 3 heterocycles. The predicted molar refractivity (Wildman–Crippen MR) is 216 cm³/mol. The molecule has 330 valence electrons. The first-order valence-corrected chi connectivity index (χ1v) is 21.0. The second-order valence-corrected chi connectivity index (χ2v) is 16.5. The van der Waals surface area contributed by atoms with Gasteiger partial charge < -0.3 is 45.6 Å². The average Bonchev–Trinajstić information content (AvgIpc) is 3.90. The number of aromatic nitrogens is 6. The average molecular weight is 870 g/mol. The molecule has 22 nitrogen and oxygen atoms in total. The summed E-state index contributed by atoms with van der Waals surface area (Å²) in [7, 11) is -3.57. The molecule has 23 heteroatoms. The van der Waals surface area contributed by atoms with Gasteiger partial charge in [-0.3, -0.25) is 24.0 Å². The molecule has 0 aliphatic heterocycles. The number of hydrogen-bond acceptors (Lipinski definition) is 17. The van der Waals surface area contributed by atoms with Gasteiger partial charge in [-0.05, 0) is 64.3 Å². The highest BCUT2D eigenvalue weighted by Gasteiger charge is 2.24. The zero-order chi connectivity index (χ0) is 44.4. The van der Waals surface area contributed by atoms with E-state index in [2.05, 4.69) is 46.5 Å². The van der Waals surface area contributed by atoms with Crippen LogP contribution in [0.2, 0.25) is 0 Å². The number of anilines is 1. The van der Waals surface area contributed by atoms with E-state index in [0.29, 0.717) is 43.7 Å². The Bertz CT molecular complexity index is 2190. The maximum Gasteiger partial charge on any atom is 0.311 e. The number of nitrogens with two attached hydrogens (primary N) is 1. The van der Waals surface area contributed by atoms with Crippen molar-refractivity contribution in [3.8, 4) is 11.5 Å². The van der Waals surface area contributed by atoms with Crippen LogP contribution in [0.5, 0.6) is 0 Å². The Labute approximate surface area is 352 Å². The minimum atomic E-state index is -3.57. The van der Waals surface area contributed by atoms with Crippen LogP contribution in [0.1, 0.15) is 61.8 Å². The lowest BCUT2D eigenvalue weighted by Gasteiger charge is -2.19. The van der Waals surface area contributed by atoms with Crippen LogP contribution in [0.25, 0.3) is 11.5 Å². The second-order valence-electron chi connectivity index (χ2n) is 14.6. The van der Waals surface area contributed by atoms with E-state index >= 15 is 0 Å². The van der Waals surface area contributed by atoms with Gasteiger partial charge in [-0.15, -0.1) is 5.10 Å². The van der Waals surface area contributed by atoms with E-state index in [1.807, 2.05) is 0 Å². The smallest absolute Gasteiger partial charge is 0.311 e. The van der Waals surface area contributed by atoms with Crippen molar-refractivity contribution in [1.29, 1.82) is 0 Å². The SMILES string of the molecule is CC(C)(C)C(=O)OCc1ccc(NC(=O)[C@H](CCCCN)NC(=O)COCC(=O)NCCOCCn2cc(CNC(=O)c3coc(-c4cnc(S(C)(=O)=O)nc4)n3)nn2)cc1. The van der Waals surface area contributed by atoms with Crippen molar-refractivity contribution >= 4 is 45.1 Å². The molecule has 4 aromatic rings. The third-order valence-electron chi connectivity index (χ3n) is 8.26. The maximum atomic E-state index is 13.1. The minimum Gasteiger partial charge on any atom is -0.460 e. The molecular weight excluding hydrogens is 819 g/mol. The monoisotopic (exact) mass is 869 g/mol. The minimum absolute atomic E-state index is 0.0215. The molecule has 3 aromatic heterocycles. The summed E-state index contributed by atoms with van der Waals surface area (Å²) in [5, 5.41) is 18.4. The molecule has 1 aromatic carbocycles. The lowest BCUT2D eigenvalue weighted by atomic mass is 9.97. The van der Waals surface area contributed by atoms with Crippen LogP contribution in [-0.2, 0) is 62.9 Å². The van der Waals surface area contributed by atoms with Gasteiger partial charge in [0.25, 0.3) is 5.91 Å². The molecule has 0 saturated carbocycles. The van der Waals surface area contributed by atoms with Crippen molar-refractivity contribution in [2.24, 2.45) is 11.1 Å².